The maximum absolute atomic E-state index is 13.2. The third-order valence-corrected chi connectivity index (χ3v) is 6.70. The van der Waals surface area contributed by atoms with E-state index in [0.717, 1.165) is 25.7 Å². The molecule has 7 heteroatoms. The molecule has 0 atom stereocenters. The van der Waals surface area contributed by atoms with Gasteiger partial charge in [0.25, 0.3) is 0 Å². The molecular formula is C17H26N2O4S. The van der Waals surface area contributed by atoms with E-state index in [-0.39, 0.29) is 16.5 Å². The molecule has 0 spiro atoms. The Morgan fingerprint density at radius 1 is 1.21 bits per heavy atom. The monoisotopic (exact) mass is 354 g/mol. The molecule has 24 heavy (non-hydrogen) atoms. The summed E-state index contributed by atoms with van der Waals surface area (Å²) in [6.45, 7) is 2.61. The Labute approximate surface area is 144 Å². The van der Waals surface area contributed by atoms with Crippen LogP contribution in [0.25, 0.3) is 0 Å². The number of carboxylic acid groups (broad SMARTS) is 1. The molecule has 0 heterocycles. The molecule has 134 valence electrons. The van der Waals surface area contributed by atoms with Crippen LogP contribution in [0.4, 0.5) is 0 Å². The highest BCUT2D eigenvalue weighted by atomic mass is 32.2. The maximum atomic E-state index is 13.2. The third kappa shape index (κ3) is 3.96. The summed E-state index contributed by atoms with van der Waals surface area (Å²) in [4.78, 5) is 13.4. The van der Waals surface area contributed by atoms with Gasteiger partial charge in [-0.2, -0.15) is 4.31 Å². The van der Waals surface area contributed by atoms with Crippen LogP contribution in [0, 0.1) is 6.92 Å². The van der Waals surface area contributed by atoms with Gasteiger partial charge in [-0.05, 0) is 51.6 Å². The summed E-state index contributed by atoms with van der Waals surface area (Å²) < 4.78 is 28.1. The van der Waals surface area contributed by atoms with Crippen molar-refractivity contribution in [1.82, 2.24) is 9.21 Å². The first-order valence-corrected chi connectivity index (χ1v) is 9.68. The van der Waals surface area contributed by atoms with Crippen molar-refractivity contribution >= 4 is 16.0 Å². The number of hydrogen-bond acceptors (Lipinski definition) is 4. The molecule has 0 bridgehead atoms. The lowest BCUT2D eigenvalue weighted by Gasteiger charge is -2.30. The molecule has 1 fully saturated rings. The summed E-state index contributed by atoms with van der Waals surface area (Å²) in [7, 11) is 0.101. The van der Waals surface area contributed by atoms with Crippen LogP contribution in [-0.2, 0) is 10.0 Å². The second kappa shape index (κ2) is 7.63. The molecule has 0 saturated heterocycles. The quantitative estimate of drug-likeness (QED) is 0.812. The summed E-state index contributed by atoms with van der Waals surface area (Å²) in [5.41, 5.74) is 0.341. The number of hydrogen-bond donors (Lipinski definition) is 1. The lowest BCUT2D eigenvalue weighted by molar-refractivity contribution is 0.0696. The summed E-state index contributed by atoms with van der Waals surface area (Å²) in [6, 6.07) is 4.45. The SMILES string of the molecule is Cc1c(C(=O)O)cccc1S(=O)(=O)N(CCN(C)C)C1CCCC1. The van der Waals surface area contributed by atoms with E-state index in [9.17, 15) is 18.3 Å². The lowest BCUT2D eigenvalue weighted by Crippen LogP contribution is -2.42. The minimum absolute atomic E-state index is 0.00262. The maximum Gasteiger partial charge on any atom is 0.335 e. The predicted molar refractivity (Wildman–Crippen MR) is 92.8 cm³/mol. The van der Waals surface area contributed by atoms with Gasteiger partial charge in [0.15, 0.2) is 0 Å². The van der Waals surface area contributed by atoms with Crippen LogP contribution >= 0.6 is 0 Å². The minimum Gasteiger partial charge on any atom is -0.478 e. The molecule has 1 N–H and O–H groups in total. The van der Waals surface area contributed by atoms with Crippen molar-refractivity contribution in [2.24, 2.45) is 0 Å². The molecule has 0 aliphatic heterocycles. The Morgan fingerprint density at radius 3 is 2.38 bits per heavy atom. The van der Waals surface area contributed by atoms with Gasteiger partial charge in [0.05, 0.1) is 10.5 Å². The standard InChI is InChI=1S/C17H26N2O4S/c1-13-15(17(20)21)9-6-10-16(13)24(22,23)19(12-11-18(2)3)14-7-4-5-8-14/h6,9-10,14H,4-5,7-8,11-12H2,1-3H3,(H,20,21). The highest BCUT2D eigenvalue weighted by Gasteiger charge is 2.34. The molecule has 1 aliphatic carbocycles. The van der Waals surface area contributed by atoms with Gasteiger partial charge in [0, 0.05) is 19.1 Å². The number of carbonyl (C=O) groups is 1. The number of nitrogens with zero attached hydrogens (tertiary/aromatic N) is 2. The van der Waals surface area contributed by atoms with E-state index in [1.807, 2.05) is 19.0 Å². The number of benzene rings is 1. The van der Waals surface area contributed by atoms with Gasteiger partial charge in [0.2, 0.25) is 10.0 Å². The van der Waals surface area contributed by atoms with Crippen molar-refractivity contribution in [3.8, 4) is 0 Å². The Morgan fingerprint density at radius 2 is 1.83 bits per heavy atom. The van der Waals surface area contributed by atoms with Gasteiger partial charge in [-0.1, -0.05) is 18.9 Å². The summed E-state index contributed by atoms with van der Waals surface area (Å²) in [6.07, 6.45) is 3.80. The van der Waals surface area contributed by atoms with Gasteiger partial charge in [0.1, 0.15) is 0 Å². The number of sulfonamides is 1. The molecule has 1 saturated carbocycles. The first kappa shape index (κ1) is 18.9. The third-order valence-electron chi connectivity index (χ3n) is 4.60. The topological polar surface area (TPSA) is 77.9 Å². The van der Waals surface area contributed by atoms with Crippen LogP contribution in [0.1, 0.15) is 41.6 Å². The Hall–Kier alpha value is -1.44. The van der Waals surface area contributed by atoms with E-state index in [4.69, 9.17) is 0 Å². The fraction of sp³-hybridized carbons (Fsp3) is 0.588. The van der Waals surface area contributed by atoms with Crippen LogP contribution in [-0.4, -0.2) is 61.9 Å². The minimum atomic E-state index is -3.72. The number of aromatic carboxylic acids is 1. The second-order valence-corrected chi connectivity index (χ2v) is 8.45. The largest absolute Gasteiger partial charge is 0.478 e. The van der Waals surface area contributed by atoms with Gasteiger partial charge < -0.3 is 10.0 Å². The lowest BCUT2D eigenvalue weighted by atomic mass is 10.1. The molecule has 0 radical (unpaired) electrons. The number of carboxylic acids is 1. The van der Waals surface area contributed by atoms with Crippen molar-refractivity contribution in [3.63, 3.8) is 0 Å². The Bertz CT molecular complexity index is 695. The smallest absolute Gasteiger partial charge is 0.335 e. The number of rotatable bonds is 7. The van der Waals surface area contributed by atoms with Crippen molar-refractivity contribution in [2.75, 3.05) is 27.2 Å². The Balaban J connectivity index is 2.43. The zero-order chi connectivity index (χ0) is 17.9. The average molecular weight is 354 g/mol. The van der Waals surface area contributed by atoms with E-state index in [1.165, 1.54) is 18.2 Å². The molecule has 6 nitrogen and oxygen atoms in total. The molecular weight excluding hydrogens is 328 g/mol. The van der Waals surface area contributed by atoms with Crippen LogP contribution in [0.15, 0.2) is 23.1 Å². The van der Waals surface area contributed by atoms with Crippen molar-refractivity contribution in [3.05, 3.63) is 29.3 Å². The second-order valence-electron chi connectivity index (χ2n) is 6.59. The van der Waals surface area contributed by atoms with E-state index < -0.39 is 16.0 Å². The van der Waals surface area contributed by atoms with E-state index >= 15 is 0 Å². The Kier molecular flexibility index (Phi) is 6.01. The molecule has 0 amide bonds. The van der Waals surface area contributed by atoms with Crippen LogP contribution in [0.5, 0.6) is 0 Å². The normalized spacial score (nSPS) is 16.2. The van der Waals surface area contributed by atoms with Crippen molar-refractivity contribution in [2.45, 2.75) is 43.5 Å². The summed E-state index contributed by atoms with van der Waals surface area (Å²) in [5.74, 6) is -1.11. The van der Waals surface area contributed by atoms with Gasteiger partial charge in [-0.3, -0.25) is 0 Å². The average Bonchev–Trinajstić information content (AvgIpc) is 3.00. The predicted octanol–water partition coefficient (Wildman–Crippen LogP) is 2.19. The fourth-order valence-corrected chi connectivity index (χ4v) is 5.17. The molecule has 2 rings (SSSR count). The summed E-state index contributed by atoms with van der Waals surface area (Å²) in [5, 5.41) is 9.27. The highest BCUT2D eigenvalue weighted by molar-refractivity contribution is 7.89. The summed E-state index contributed by atoms with van der Waals surface area (Å²) >= 11 is 0. The molecule has 1 aromatic rings. The first-order valence-electron chi connectivity index (χ1n) is 8.24. The van der Waals surface area contributed by atoms with E-state index in [1.54, 1.807) is 11.2 Å². The fourth-order valence-electron chi connectivity index (χ4n) is 3.24. The first-order chi connectivity index (χ1) is 11.2. The van der Waals surface area contributed by atoms with Crippen LogP contribution < -0.4 is 0 Å². The molecule has 0 aromatic heterocycles. The molecule has 1 aromatic carbocycles. The van der Waals surface area contributed by atoms with Crippen molar-refractivity contribution in [1.29, 1.82) is 0 Å². The van der Waals surface area contributed by atoms with Crippen LogP contribution in [0.3, 0.4) is 0 Å². The zero-order valence-electron chi connectivity index (χ0n) is 14.5. The van der Waals surface area contributed by atoms with Crippen LogP contribution in [0.2, 0.25) is 0 Å². The molecule has 1 aliphatic rings. The number of likely N-dealkylation sites (N-methyl/N-ethyl adjacent to an activating group) is 1. The van der Waals surface area contributed by atoms with E-state index in [0.29, 0.717) is 18.7 Å². The van der Waals surface area contributed by atoms with Crippen molar-refractivity contribution < 1.29 is 18.3 Å². The zero-order valence-corrected chi connectivity index (χ0v) is 15.3. The van der Waals surface area contributed by atoms with Gasteiger partial charge in [-0.15, -0.1) is 0 Å². The van der Waals surface area contributed by atoms with E-state index in [2.05, 4.69) is 0 Å². The highest BCUT2D eigenvalue weighted by Crippen LogP contribution is 2.30. The molecule has 0 unspecified atom stereocenters. The van der Waals surface area contributed by atoms with Gasteiger partial charge in [-0.25, -0.2) is 13.2 Å². The van der Waals surface area contributed by atoms with Gasteiger partial charge >= 0.3 is 5.97 Å².